The Morgan fingerprint density at radius 3 is 3.00 bits per heavy atom. The molecule has 3 rings (SSSR count). The molecule has 1 saturated heterocycles. The molecule has 1 aromatic rings. The van der Waals surface area contributed by atoms with Crippen molar-refractivity contribution >= 4 is 28.2 Å². The van der Waals surface area contributed by atoms with Crippen molar-refractivity contribution in [3.05, 3.63) is 16.0 Å². The van der Waals surface area contributed by atoms with Gasteiger partial charge in [0.15, 0.2) is 12.7 Å². The summed E-state index contributed by atoms with van der Waals surface area (Å²) in [5, 5.41) is 12.5. The molecule has 1 aliphatic carbocycles. The van der Waals surface area contributed by atoms with Gasteiger partial charge < -0.3 is 14.8 Å². The lowest BCUT2D eigenvalue weighted by Crippen LogP contribution is -2.27. The molecule has 116 valence electrons. The van der Waals surface area contributed by atoms with Gasteiger partial charge in [-0.25, -0.2) is 4.79 Å². The van der Waals surface area contributed by atoms with Gasteiger partial charge in [-0.15, -0.1) is 11.3 Å². The van der Waals surface area contributed by atoms with Crippen molar-refractivity contribution < 1.29 is 19.1 Å². The molecule has 0 spiro atoms. The summed E-state index contributed by atoms with van der Waals surface area (Å²) in [6.07, 6.45) is 3.82. The van der Waals surface area contributed by atoms with Gasteiger partial charge in [0, 0.05) is 11.5 Å². The van der Waals surface area contributed by atoms with Crippen molar-refractivity contribution in [3.8, 4) is 6.07 Å². The maximum absolute atomic E-state index is 11.9. The summed E-state index contributed by atoms with van der Waals surface area (Å²) in [4.78, 5) is 24.7. The van der Waals surface area contributed by atoms with Gasteiger partial charge in [0.1, 0.15) is 11.1 Å². The van der Waals surface area contributed by atoms with Crippen molar-refractivity contribution in [2.24, 2.45) is 0 Å². The van der Waals surface area contributed by atoms with Crippen LogP contribution in [0.1, 0.15) is 35.3 Å². The molecule has 0 bridgehead atoms. The first-order valence-electron chi connectivity index (χ1n) is 7.31. The second kappa shape index (κ2) is 6.46. The first kappa shape index (κ1) is 15.0. The highest BCUT2D eigenvalue weighted by Crippen LogP contribution is 2.38. The third-order valence-electron chi connectivity index (χ3n) is 3.82. The van der Waals surface area contributed by atoms with Crippen LogP contribution in [0.25, 0.3) is 0 Å². The maximum atomic E-state index is 11.9. The summed E-state index contributed by atoms with van der Waals surface area (Å²) in [5.41, 5.74) is 1.61. The number of carbonyl (C=O) groups is 2. The molecule has 6 nitrogen and oxygen atoms in total. The topological polar surface area (TPSA) is 88.4 Å². The van der Waals surface area contributed by atoms with Crippen LogP contribution in [0, 0.1) is 11.3 Å². The third kappa shape index (κ3) is 2.98. The van der Waals surface area contributed by atoms with Crippen LogP contribution in [0.3, 0.4) is 0 Å². The summed E-state index contributed by atoms with van der Waals surface area (Å²) in [7, 11) is 0. The maximum Gasteiger partial charge on any atom is 0.335 e. The highest BCUT2D eigenvalue weighted by Gasteiger charge is 2.26. The molecule has 0 unspecified atom stereocenters. The minimum atomic E-state index is -0.548. The Morgan fingerprint density at radius 1 is 1.41 bits per heavy atom. The second-order valence-electron chi connectivity index (χ2n) is 5.33. The summed E-state index contributed by atoms with van der Waals surface area (Å²) in [6, 6.07) is 2.16. The van der Waals surface area contributed by atoms with E-state index in [0.29, 0.717) is 23.6 Å². The van der Waals surface area contributed by atoms with Crippen LogP contribution in [-0.4, -0.2) is 31.2 Å². The number of esters is 1. The van der Waals surface area contributed by atoms with Gasteiger partial charge in [-0.2, -0.15) is 5.26 Å². The molecular formula is C15H16N2O4S. The van der Waals surface area contributed by atoms with Gasteiger partial charge in [0.05, 0.1) is 5.56 Å². The summed E-state index contributed by atoms with van der Waals surface area (Å²) >= 11 is 1.44. The molecule has 1 fully saturated rings. The zero-order chi connectivity index (χ0) is 15.5. The largest absolute Gasteiger partial charge is 0.454 e. The monoisotopic (exact) mass is 320 g/mol. The fourth-order valence-electron chi connectivity index (χ4n) is 2.77. The number of nitrogens with zero attached hydrogens (tertiary/aromatic N) is 1. The van der Waals surface area contributed by atoms with Gasteiger partial charge in [0.25, 0.3) is 5.91 Å². The van der Waals surface area contributed by atoms with E-state index >= 15 is 0 Å². The van der Waals surface area contributed by atoms with Gasteiger partial charge in [0.2, 0.25) is 0 Å². The van der Waals surface area contributed by atoms with Crippen molar-refractivity contribution in [3.63, 3.8) is 0 Å². The van der Waals surface area contributed by atoms with E-state index in [4.69, 9.17) is 9.47 Å². The highest BCUT2D eigenvalue weighted by atomic mass is 32.1. The third-order valence-corrected chi connectivity index (χ3v) is 5.03. The molecule has 0 aromatic carbocycles. The van der Waals surface area contributed by atoms with Crippen LogP contribution in [0.5, 0.6) is 0 Å². The molecule has 1 atom stereocenters. The number of nitrogens with one attached hydrogen (secondary N) is 1. The van der Waals surface area contributed by atoms with Crippen molar-refractivity contribution in [2.45, 2.75) is 38.2 Å². The molecule has 2 heterocycles. The molecule has 7 heteroatoms. The van der Waals surface area contributed by atoms with E-state index in [1.807, 2.05) is 0 Å². The number of hydrogen-bond acceptors (Lipinski definition) is 6. The van der Waals surface area contributed by atoms with E-state index in [9.17, 15) is 14.9 Å². The number of fused-ring (bicyclic) bond motifs is 1. The van der Waals surface area contributed by atoms with Crippen LogP contribution < -0.4 is 5.32 Å². The molecule has 0 saturated carbocycles. The van der Waals surface area contributed by atoms with Gasteiger partial charge in [-0.1, -0.05) is 0 Å². The highest BCUT2D eigenvalue weighted by molar-refractivity contribution is 7.16. The molecular weight excluding hydrogens is 304 g/mol. The summed E-state index contributed by atoms with van der Waals surface area (Å²) in [6.45, 7) is 0.199. The fraction of sp³-hybridized carbons (Fsp3) is 0.533. The Labute approximate surface area is 132 Å². The molecule has 1 amide bonds. The number of aryl methyl sites for hydroxylation is 1. The quantitative estimate of drug-likeness (QED) is 0.854. The number of anilines is 1. The number of hydrogen-bond donors (Lipinski definition) is 1. The number of ether oxygens (including phenoxy) is 2. The van der Waals surface area contributed by atoms with E-state index in [0.717, 1.165) is 31.2 Å². The Morgan fingerprint density at radius 2 is 2.27 bits per heavy atom. The lowest BCUT2D eigenvalue weighted by Gasteiger charge is -2.09. The molecule has 22 heavy (non-hydrogen) atoms. The second-order valence-corrected chi connectivity index (χ2v) is 6.44. The van der Waals surface area contributed by atoms with Gasteiger partial charge in [-0.05, 0) is 37.7 Å². The Kier molecular flexibility index (Phi) is 4.41. The minimum Gasteiger partial charge on any atom is -0.454 e. The summed E-state index contributed by atoms with van der Waals surface area (Å²) in [5.74, 6) is -0.926. The first-order valence-corrected chi connectivity index (χ1v) is 8.13. The smallest absolute Gasteiger partial charge is 0.335 e. The lowest BCUT2D eigenvalue weighted by atomic mass is 10.1. The van der Waals surface area contributed by atoms with Crippen molar-refractivity contribution in [1.29, 1.82) is 5.26 Å². The zero-order valence-electron chi connectivity index (χ0n) is 12.0. The van der Waals surface area contributed by atoms with E-state index in [2.05, 4.69) is 11.4 Å². The fourth-order valence-corrected chi connectivity index (χ4v) is 4.02. The molecule has 0 radical (unpaired) electrons. The van der Waals surface area contributed by atoms with Crippen LogP contribution >= 0.6 is 11.3 Å². The van der Waals surface area contributed by atoms with Gasteiger partial charge >= 0.3 is 5.97 Å². The SMILES string of the molecule is N#Cc1c(NC(=O)COC(=O)[C@@H]2CCCO2)sc2c1CCC2. The Balaban J connectivity index is 1.56. The molecule has 1 N–H and O–H groups in total. The van der Waals surface area contributed by atoms with Gasteiger partial charge in [-0.3, -0.25) is 4.79 Å². The normalized spacial score (nSPS) is 19.5. The average molecular weight is 320 g/mol. The molecule has 1 aliphatic heterocycles. The molecule has 1 aromatic heterocycles. The standard InChI is InChI=1S/C15H16N2O4S/c16-7-10-9-3-1-5-12(9)22-14(10)17-13(18)8-21-15(19)11-4-2-6-20-11/h11H,1-6,8H2,(H,17,18)/t11-/m0/s1. The number of rotatable bonds is 4. The number of carbonyl (C=O) groups excluding carboxylic acids is 2. The predicted molar refractivity (Wildman–Crippen MR) is 79.6 cm³/mol. The zero-order valence-corrected chi connectivity index (χ0v) is 12.8. The van der Waals surface area contributed by atoms with Crippen LogP contribution in [0.2, 0.25) is 0 Å². The molecule has 2 aliphatic rings. The number of thiophene rings is 1. The van der Waals surface area contributed by atoms with E-state index < -0.39 is 18.0 Å². The number of nitriles is 1. The predicted octanol–water partition coefficient (Wildman–Crippen LogP) is 1.77. The van der Waals surface area contributed by atoms with Crippen LogP contribution in [0.4, 0.5) is 5.00 Å². The van der Waals surface area contributed by atoms with E-state index in [1.54, 1.807) is 0 Å². The van der Waals surface area contributed by atoms with Crippen LogP contribution in [-0.2, 0) is 31.9 Å². The van der Waals surface area contributed by atoms with E-state index in [-0.39, 0.29) is 6.61 Å². The minimum absolute atomic E-state index is 0.355. The van der Waals surface area contributed by atoms with Crippen LogP contribution in [0.15, 0.2) is 0 Å². The first-order chi connectivity index (χ1) is 10.7. The Hall–Kier alpha value is -1.91. The lowest BCUT2D eigenvalue weighted by molar-refractivity contribution is -0.156. The Bertz CT molecular complexity index is 641. The average Bonchev–Trinajstić information content (AvgIpc) is 3.21. The van der Waals surface area contributed by atoms with E-state index in [1.165, 1.54) is 16.2 Å². The van der Waals surface area contributed by atoms with Crippen molar-refractivity contribution in [2.75, 3.05) is 18.5 Å². The van der Waals surface area contributed by atoms with Crippen molar-refractivity contribution in [1.82, 2.24) is 0 Å². The summed E-state index contributed by atoms with van der Waals surface area (Å²) < 4.78 is 10.2. The number of amides is 1.